The van der Waals surface area contributed by atoms with Gasteiger partial charge in [-0.2, -0.15) is 0 Å². The molecule has 2 aliphatic heterocycles. The highest BCUT2D eigenvalue weighted by Crippen LogP contribution is 2.10. The van der Waals surface area contributed by atoms with Gasteiger partial charge < -0.3 is 15.0 Å². The average molecular weight is 255 g/mol. The molecule has 5 nitrogen and oxygen atoms in total. The van der Waals surface area contributed by atoms with Crippen LogP contribution in [-0.2, 0) is 9.53 Å². The largest absolute Gasteiger partial charge is 0.378 e. The SMILES string of the molecule is CC(C(=O)N1CCOCC1)N(C)CC1CCCN1. The van der Waals surface area contributed by atoms with Crippen LogP contribution in [0.2, 0.25) is 0 Å². The lowest BCUT2D eigenvalue weighted by molar-refractivity contribution is -0.140. The molecule has 0 aromatic rings. The van der Waals surface area contributed by atoms with Gasteiger partial charge in [0.25, 0.3) is 0 Å². The first kappa shape index (κ1) is 13.8. The van der Waals surface area contributed by atoms with Gasteiger partial charge in [-0.05, 0) is 33.4 Å². The number of likely N-dealkylation sites (N-methyl/N-ethyl adjacent to an activating group) is 1. The molecule has 0 aromatic carbocycles. The van der Waals surface area contributed by atoms with Crippen molar-refractivity contribution in [2.24, 2.45) is 0 Å². The molecule has 0 bridgehead atoms. The van der Waals surface area contributed by atoms with E-state index in [0.717, 1.165) is 26.2 Å². The summed E-state index contributed by atoms with van der Waals surface area (Å²) >= 11 is 0. The van der Waals surface area contributed by atoms with Crippen LogP contribution in [0.25, 0.3) is 0 Å². The van der Waals surface area contributed by atoms with E-state index in [1.54, 1.807) is 0 Å². The van der Waals surface area contributed by atoms with Crippen molar-refractivity contribution in [3.8, 4) is 0 Å². The molecule has 5 heteroatoms. The van der Waals surface area contributed by atoms with Crippen molar-refractivity contribution in [3.63, 3.8) is 0 Å². The lowest BCUT2D eigenvalue weighted by atomic mass is 10.2. The molecule has 1 amide bonds. The van der Waals surface area contributed by atoms with Crippen molar-refractivity contribution in [1.29, 1.82) is 0 Å². The Balaban J connectivity index is 1.80. The summed E-state index contributed by atoms with van der Waals surface area (Å²) < 4.78 is 5.28. The molecule has 2 atom stereocenters. The minimum atomic E-state index is -0.0366. The maximum Gasteiger partial charge on any atom is 0.239 e. The Labute approximate surface area is 109 Å². The molecule has 2 unspecified atom stereocenters. The van der Waals surface area contributed by atoms with E-state index in [-0.39, 0.29) is 11.9 Å². The van der Waals surface area contributed by atoms with Crippen LogP contribution < -0.4 is 5.32 Å². The highest BCUT2D eigenvalue weighted by atomic mass is 16.5. The number of amides is 1. The molecule has 0 radical (unpaired) electrons. The fourth-order valence-corrected chi connectivity index (χ4v) is 2.65. The highest BCUT2D eigenvalue weighted by Gasteiger charge is 2.27. The quantitative estimate of drug-likeness (QED) is 0.763. The normalized spacial score (nSPS) is 26.6. The first-order chi connectivity index (χ1) is 8.68. The van der Waals surface area contributed by atoms with Gasteiger partial charge >= 0.3 is 0 Å². The van der Waals surface area contributed by atoms with Crippen molar-refractivity contribution in [3.05, 3.63) is 0 Å². The van der Waals surface area contributed by atoms with Gasteiger partial charge in [-0.25, -0.2) is 0 Å². The van der Waals surface area contributed by atoms with Crippen LogP contribution in [0.3, 0.4) is 0 Å². The van der Waals surface area contributed by atoms with Crippen molar-refractivity contribution >= 4 is 5.91 Å². The second-order valence-corrected chi connectivity index (χ2v) is 5.35. The predicted molar refractivity (Wildman–Crippen MR) is 70.5 cm³/mol. The predicted octanol–water partition coefficient (Wildman–Crippen LogP) is -0.0825. The van der Waals surface area contributed by atoms with Crippen LogP contribution in [0.1, 0.15) is 19.8 Å². The molecule has 18 heavy (non-hydrogen) atoms. The molecular weight excluding hydrogens is 230 g/mol. The summed E-state index contributed by atoms with van der Waals surface area (Å²) in [6.07, 6.45) is 2.48. The van der Waals surface area contributed by atoms with E-state index in [1.165, 1.54) is 12.8 Å². The Morgan fingerprint density at radius 2 is 2.22 bits per heavy atom. The fraction of sp³-hybridized carbons (Fsp3) is 0.923. The van der Waals surface area contributed by atoms with Crippen molar-refractivity contribution in [1.82, 2.24) is 15.1 Å². The van der Waals surface area contributed by atoms with E-state index in [0.29, 0.717) is 19.3 Å². The number of ether oxygens (including phenoxy) is 1. The second-order valence-electron chi connectivity index (χ2n) is 5.35. The molecule has 104 valence electrons. The maximum atomic E-state index is 12.3. The Morgan fingerprint density at radius 3 is 2.83 bits per heavy atom. The average Bonchev–Trinajstić information content (AvgIpc) is 2.91. The maximum absolute atomic E-state index is 12.3. The Hall–Kier alpha value is -0.650. The van der Waals surface area contributed by atoms with Gasteiger partial charge in [0.1, 0.15) is 0 Å². The summed E-state index contributed by atoms with van der Waals surface area (Å²) in [5.41, 5.74) is 0. The summed E-state index contributed by atoms with van der Waals surface area (Å²) in [7, 11) is 2.04. The molecule has 1 N–H and O–H groups in total. The molecule has 2 rings (SSSR count). The van der Waals surface area contributed by atoms with Crippen molar-refractivity contribution in [2.45, 2.75) is 31.8 Å². The lowest BCUT2D eigenvalue weighted by Crippen LogP contribution is -2.51. The van der Waals surface area contributed by atoms with Gasteiger partial charge in [-0.15, -0.1) is 0 Å². The standard InChI is InChI=1S/C13H25N3O2/c1-11(13(17)16-6-8-18-9-7-16)15(2)10-12-4-3-5-14-12/h11-12,14H,3-10H2,1-2H3. The molecule has 0 aromatic heterocycles. The Kier molecular flexibility index (Phi) is 4.97. The number of rotatable bonds is 4. The molecule has 2 fully saturated rings. The molecule has 2 saturated heterocycles. The number of nitrogens with one attached hydrogen (secondary N) is 1. The second kappa shape index (κ2) is 6.50. The van der Waals surface area contributed by atoms with Crippen LogP contribution in [0.15, 0.2) is 0 Å². The topological polar surface area (TPSA) is 44.8 Å². The van der Waals surface area contributed by atoms with Gasteiger partial charge in [0.2, 0.25) is 5.91 Å². The zero-order valence-electron chi connectivity index (χ0n) is 11.5. The van der Waals surface area contributed by atoms with Crippen LogP contribution in [0.5, 0.6) is 0 Å². The van der Waals surface area contributed by atoms with Gasteiger partial charge in [0, 0.05) is 25.7 Å². The summed E-state index contributed by atoms with van der Waals surface area (Å²) in [5.74, 6) is 0.235. The fourth-order valence-electron chi connectivity index (χ4n) is 2.65. The minimum Gasteiger partial charge on any atom is -0.378 e. The number of carbonyl (C=O) groups is 1. The van der Waals surface area contributed by atoms with Gasteiger partial charge in [0.15, 0.2) is 0 Å². The number of morpholine rings is 1. The van der Waals surface area contributed by atoms with Gasteiger partial charge in [-0.3, -0.25) is 9.69 Å². The van der Waals surface area contributed by atoms with E-state index in [1.807, 2.05) is 18.9 Å². The third-order valence-corrected chi connectivity index (χ3v) is 4.01. The van der Waals surface area contributed by atoms with E-state index in [4.69, 9.17) is 4.74 Å². The zero-order valence-corrected chi connectivity index (χ0v) is 11.5. The van der Waals surface area contributed by atoms with Crippen molar-refractivity contribution < 1.29 is 9.53 Å². The van der Waals surface area contributed by atoms with Crippen molar-refractivity contribution in [2.75, 3.05) is 46.4 Å². The van der Waals surface area contributed by atoms with E-state index < -0.39 is 0 Å². The van der Waals surface area contributed by atoms with Crippen LogP contribution in [-0.4, -0.2) is 74.2 Å². The zero-order chi connectivity index (χ0) is 13.0. The van der Waals surface area contributed by atoms with Gasteiger partial charge in [-0.1, -0.05) is 0 Å². The third-order valence-electron chi connectivity index (χ3n) is 4.01. The molecular formula is C13H25N3O2. The summed E-state index contributed by atoms with van der Waals surface area (Å²) in [6.45, 7) is 6.89. The minimum absolute atomic E-state index is 0.0366. The summed E-state index contributed by atoms with van der Waals surface area (Å²) in [4.78, 5) is 16.4. The highest BCUT2D eigenvalue weighted by molar-refractivity contribution is 5.81. The number of hydrogen-bond acceptors (Lipinski definition) is 4. The third kappa shape index (κ3) is 3.43. The number of hydrogen-bond donors (Lipinski definition) is 1. The molecule has 0 spiro atoms. The monoisotopic (exact) mass is 255 g/mol. The van der Waals surface area contributed by atoms with Crippen LogP contribution >= 0.6 is 0 Å². The van der Waals surface area contributed by atoms with Crippen LogP contribution in [0, 0.1) is 0 Å². The molecule has 2 aliphatic rings. The number of nitrogens with zero attached hydrogens (tertiary/aromatic N) is 2. The van der Waals surface area contributed by atoms with Gasteiger partial charge in [0.05, 0.1) is 19.3 Å². The Morgan fingerprint density at radius 1 is 1.50 bits per heavy atom. The van der Waals surface area contributed by atoms with E-state index in [2.05, 4.69) is 10.2 Å². The molecule has 0 aliphatic carbocycles. The first-order valence-corrected chi connectivity index (χ1v) is 6.98. The summed E-state index contributed by atoms with van der Waals surface area (Å²) in [6, 6.07) is 0.514. The smallest absolute Gasteiger partial charge is 0.239 e. The molecule has 2 heterocycles. The van der Waals surface area contributed by atoms with E-state index in [9.17, 15) is 4.79 Å². The Bertz CT molecular complexity index is 273. The first-order valence-electron chi connectivity index (χ1n) is 6.98. The lowest BCUT2D eigenvalue weighted by Gasteiger charge is -2.33. The molecule has 0 saturated carbocycles. The van der Waals surface area contributed by atoms with Crippen LogP contribution in [0.4, 0.5) is 0 Å². The number of carbonyl (C=O) groups excluding carboxylic acids is 1. The summed E-state index contributed by atoms with van der Waals surface area (Å²) in [5, 5.41) is 3.47. The van der Waals surface area contributed by atoms with E-state index >= 15 is 0 Å².